The second-order valence-electron chi connectivity index (χ2n) is 5.16. The summed E-state index contributed by atoms with van der Waals surface area (Å²) in [4.78, 5) is 7.09. The first-order valence-electron chi connectivity index (χ1n) is 7.07. The molecule has 0 aliphatic heterocycles. The molecule has 0 saturated heterocycles. The van der Waals surface area contributed by atoms with Crippen LogP contribution in [0.3, 0.4) is 0 Å². The molecule has 1 N–H and O–H groups in total. The number of hydrogen-bond donors (Lipinski definition) is 1. The molecule has 0 aromatic carbocycles. The Bertz CT molecular complexity index is 336. The van der Waals surface area contributed by atoms with E-state index in [9.17, 15) is 0 Å². The summed E-state index contributed by atoms with van der Waals surface area (Å²) in [7, 11) is 0. The smallest absolute Gasteiger partial charge is 0.126 e. The van der Waals surface area contributed by atoms with Crippen molar-refractivity contribution < 1.29 is 0 Å². The predicted octanol–water partition coefficient (Wildman–Crippen LogP) is 3.38. The maximum absolute atomic E-state index is 4.65. The average Bonchev–Trinajstić information content (AvgIpc) is 2.35. The third-order valence-corrected chi connectivity index (χ3v) is 2.82. The van der Waals surface area contributed by atoms with Gasteiger partial charge >= 0.3 is 0 Å². The van der Waals surface area contributed by atoms with Gasteiger partial charge in [0.05, 0.1) is 5.69 Å². The molecule has 102 valence electrons. The molecule has 3 heteroatoms. The lowest BCUT2D eigenvalue weighted by Gasteiger charge is -2.22. The highest BCUT2D eigenvalue weighted by molar-refractivity contribution is 5.35. The summed E-state index contributed by atoms with van der Waals surface area (Å²) >= 11 is 0. The molecule has 0 aliphatic carbocycles. The average molecular weight is 249 g/mol. The zero-order valence-corrected chi connectivity index (χ0v) is 12.2. The maximum Gasteiger partial charge on any atom is 0.126 e. The summed E-state index contributed by atoms with van der Waals surface area (Å²) in [6, 6.07) is 6.24. The van der Waals surface area contributed by atoms with Gasteiger partial charge in [-0.1, -0.05) is 33.8 Å². The maximum atomic E-state index is 4.65. The van der Waals surface area contributed by atoms with Crippen LogP contribution in [0.1, 0.15) is 39.8 Å². The van der Waals surface area contributed by atoms with Crippen LogP contribution < -0.4 is 5.32 Å². The molecule has 0 saturated carbocycles. The van der Waals surface area contributed by atoms with Crippen molar-refractivity contribution in [3.05, 3.63) is 23.9 Å². The van der Waals surface area contributed by atoms with Gasteiger partial charge in [-0.3, -0.25) is 4.90 Å². The van der Waals surface area contributed by atoms with Crippen molar-refractivity contribution in [2.45, 2.75) is 40.7 Å². The van der Waals surface area contributed by atoms with E-state index in [0.29, 0.717) is 5.92 Å². The molecule has 18 heavy (non-hydrogen) atoms. The third-order valence-electron chi connectivity index (χ3n) is 2.82. The van der Waals surface area contributed by atoms with Crippen LogP contribution in [0.15, 0.2) is 18.2 Å². The lowest BCUT2D eigenvalue weighted by molar-refractivity contribution is 0.246. The number of hydrogen-bond acceptors (Lipinski definition) is 3. The Morgan fingerprint density at radius 3 is 2.67 bits per heavy atom. The highest BCUT2D eigenvalue weighted by atomic mass is 15.1. The van der Waals surface area contributed by atoms with Crippen LogP contribution in [-0.4, -0.2) is 29.5 Å². The minimum atomic E-state index is 0.700. The van der Waals surface area contributed by atoms with E-state index in [0.717, 1.165) is 44.1 Å². The van der Waals surface area contributed by atoms with Gasteiger partial charge in [0, 0.05) is 19.6 Å². The second-order valence-corrected chi connectivity index (χ2v) is 5.16. The third kappa shape index (κ3) is 5.50. The number of rotatable bonds is 8. The van der Waals surface area contributed by atoms with E-state index in [2.05, 4.69) is 55.0 Å². The van der Waals surface area contributed by atoms with Crippen LogP contribution in [0.2, 0.25) is 0 Å². The summed E-state index contributed by atoms with van der Waals surface area (Å²) in [6.07, 6.45) is 1.13. The van der Waals surface area contributed by atoms with Crippen molar-refractivity contribution in [3.63, 3.8) is 0 Å². The van der Waals surface area contributed by atoms with Crippen molar-refractivity contribution >= 4 is 5.82 Å². The van der Waals surface area contributed by atoms with Gasteiger partial charge in [-0.15, -0.1) is 0 Å². The summed E-state index contributed by atoms with van der Waals surface area (Å²) in [5, 5.41) is 3.34. The van der Waals surface area contributed by atoms with Gasteiger partial charge < -0.3 is 5.32 Å². The minimum absolute atomic E-state index is 0.700. The summed E-state index contributed by atoms with van der Waals surface area (Å²) in [6.45, 7) is 13.0. The van der Waals surface area contributed by atoms with E-state index in [1.54, 1.807) is 0 Å². The Balaban J connectivity index is 2.59. The number of pyridine rings is 1. The fourth-order valence-electron chi connectivity index (χ4n) is 1.97. The van der Waals surface area contributed by atoms with Crippen molar-refractivity contribution in [3.8, 4) is 0 Å². The van der Waals surface area contributed by atoms with E-state index >= 15 is 0 Å². The molecule has 1 heterocycles. The molecule has 0 spiro atoms. The summed E-state index contributed by atoms with van der Waals surface area (Å²) in [5.74, 6) is 1.70. The van der Waals surface area contributed by atoms with Gasteiger partial charge in [0.1, 0.15) is 5.82 Å². The molecule has 0 bridgehead atoms. The Morgan fingerprint density at radius 2 is 2.06 bits per heavy atom. The summed E-state index contributed by atoms with van der Waals surface area (Å²) in [5.41, 5.74) is 1.15. The fraction of sp³-hybridized carbons (Fsp3) is 0.667. The molecule has 0 radical (unpaired) electrons. The molecule has 3 nitrogen and oxygen atoms in total. The quantitative estimate of drug-likeness (QED) is 0.765. The zero-order chi connectivity index (χ0) is 13.4. The van der Waals surface area contributed by atoms with Crippen LogP contribution in [0.4, 0.5) is 5.82 Å². The Labute approximate surface area is 112 Å². The van der Waals surface area contributed by atoms with E-state index in [4.69, 9.17) is 0 Å². The van der Waals surface area contributed by atoms with Gasteiger partial charge in [-0.25, -0.2) is 4.98 Å². The molecule has 0 atom stereocenters. The normalized spacial score (nSPS) is 11.2. The number of aromatic nitrogens is 1. The topological polar surface area (TPSA) is 28.2 Å². The lowest BCUT2D eigenvalue weighted by Crippen LogP contribution is -2.27. The Morgan fingerprint density at radius 1 is 1.28 bits per heavy atom. The van der Waals surface area contributed by atoms with Crippen LogP contribution >= 0.6 is 0 Å². The first kappa shape index (κ1) is 15.0. The van der Waals surface area contributed by atoms with Crippen LogP contribution in [-0.2, 0) is 6.54 Å². The van der Waals surface area contributed by atoms with E-state index in [-0.39, 0.29) is 0 Å². The largest absolute Gasteiger partial charge is 0.370 e. The van der Waals surface area contributed by atoms with E-state index in [1.807, 2.05) is 6.07 Å². The summed E-state index contributed by atoms with van der Waals surface area (Å²) < 4.78 is 0. The van der Waals surface area contributed by atoms with Gasteiger partial charge in [0.15, 0.2) is 0 Å². The standard InChI is InChI=1S/C15H27N3/c1-5-10-16-15-9-7-8-14(17-15)12-18(6-2)11-13(3)4/h7-9,13H,5-6,10-12H2,1-4H3,(H,16,17). The zero-order valence-electron chi connectivity index (χ0n) is 12.2. The molecule has 1 aromatic heterocycles. The second kappa shape index (κ2) is 8.09. The fourth-order valence-corrected chi connectivity index (χ4v) is 1.97. The monoisotopic (exact) mass is 249 g/mol. The van der Waals surface area contributed by atoms with Gasteiger partial charge in [0.2, 0.25) is 0 Å². The molecule has 0 aliphatic rings. The van der Waals surface area contributed by atoms with Crippen molar-refractivity contribution in [2.24, 2.45) is 5.92 Å². The minimum Gasteiger partial charge on any atom is -0.370 e. The number of anilines is 1. The highest BCUT2D eigenvalue weighted by Gasteiger charge is 2.07. The molecule has 0 unspecified atom stereocenters. The van der Waals surface area contributed by atoms with Crippen LogP contribution in [0.5, 0.6) is 0 Å². The first-order chi connectivity index (χ1) is 8.65. The first-order valence-corrected chi connectivity index (χ1v) is 7.07. The Kier molecular flexibility index (Phi) is 6.73. The van der Waals surface area contributed by atoms with Gasteiger partial charge in [-0.05, 0) is 31.0 Å². The molecule has 1 rings (SSSR count). The molecule has 0 fully saturated rings. The van der Waals surface area contributed by atoms with Crippen molar-refractivity contribution in [1.29, 1.82) is 0 Å². The van der Waals surface area contributed by atoms with Crippen LogP contribution in [0, 0.1) is 5.92 Å². The van der Waals surface area contributed by atoms with Crippen molar-refractivity contribution in [1.82, 2.24) is 9.88 Å². The highest BCUT2D eigenvalue weighted by Crippen LogP contribution is 2.09. The van der Waals surface area contributed by atoms with Crippen LogP contribution in [0.25, 0.3) is 0 Å². The van der Waals surface area contributed by atoms with Gasteiger partial charge in [0.25, 0.3) is 0 Å². The predicted molar refractivity (Wildman–Crippen MR) is 78.8 cm³/mol. The number of nitrogens with zero attached hydrogens (tertiary/aromatic N) is 2. The van der Waals surface area contributed by atoms with E-state index in [1.165, 1.54) is 0 Å². The van der Waals surface area contributed by atoms with Crippen molar-refractivity contribution in [2.75, 3.05) is 25.0 Å². The SMILES string of the molecule is CCCNc1cccc(CN(CC)CC(C)C)n1. The molecular weight excluding hydrogens is 222 g/mol. The van der Waals surface area contributed by atoms with E-state index < -0.39 is 0 Å². The van der Waals surface area contributed by atoms with Gasteiger partial charge in [-0.2, -0.15) is 0 Å². The molecule has 0 amide bonds. The number of nitrogens with one attached hydrogen (secondary N) is 1. The molecule has 1 aromatic rings. The molecular formula is C15H27N3. The Hall–Kier alpha value is -1.09. The lowest BCUT2D eigenvalue weighted by atomic mass is 10.2.